The summed E-state index contributed by atoms with van der Waals surface area (Å²) in [5.41, 5.74) is 5.83. The first-order valence-electron chi connectivity index (χ1n) is 5.57. The van der Waals surface area contributed by atoms with E-state index in [9.17, 15) is 5.11 Å². The molecule has 1 aliphatic carbocycles. The van der Waals surface area contributed by atoms with Gasteiger partial charge < -0.3 is 10.8 Å². The molecule has 2 nitrogen and oxygen atoms in total. The molecule has 2 heteroatoms. The first-order chi connectivity index (χ1) is 6.26. The minimum absolute atomic E-state index is 0.0528. The summed E-state index contributed by atoms with van der Waals surface area (Å²) in [7, 11) is 0. The standard InChI is InChI=1S/C11H23NO/c1-2-3-6-11(8-12,9-13)7-10-4-5-10/h10,13H,2-9,12H2,1H3. The van der Waals surface area contributed by atoms with Crippen LogP contribution in [-0.2, 0) is 0 Å². The van der Waals surface area contributed by atoms with Gasteiger partial charge in [-0.2, -0.15) is 0 Å². The van der Waals surface area contributed by atoms with Crippen LogP contribution in [0.2, 0.25) is 0 Å². The molecule has 0 aliphatic heterocycles. The Kier molecular flexibility index (Phi) is 4.20. The number of nitrogens with two attached hydrogens (primary N) is 1. The van der Waals surface area contributed by atoms with Gasteiger partial charge in [-0.3, -0.25) is 0 Å². The van der Waals surface area contributed by atoms with Crippen LogP contribution in [0, 0.1) is 11.3 Å². The summed E-state index contributed by atoms with van der Waals surface area (Å²) < 4.78 is 0. The van der Waals surface area contributed by atoms with Gasteiger partial charge in [0.2, 0.25) is 0 Å². The highest BCUT2D eigenvalue weighted by molar-refractivity contribution is 4.87. The molecule has 0 amide bonds. The zero-order chi connectivity index (χ0) is 9.73. The van der Waals surface area contributed by atoms with Crippen LogP contribution in [0.1, 0.15) is 45.4 Å². The van der Waals surface area contributed by atoms with Crippen LogP contribution in [0.15, 0.2) is 0 Å². The highest BCUT2D eigenvalue weighted by atomic mass is 16.3. The Balaban J connectivity index is 2.38. The van der Waals surface area contributed by atoms with E-state index in [4.69, 9.17) is 5.73 Å². The fraction of sp³-hybridized carbons (Fsp3) is 1.00. The van der Waals surface area contributed by atoms with Crippen LogP contribution in [0.4, 0.5) is 0 Å². The van der Waals surface area contributed by atoms with Crippen molar-refractivity contribution in [1.29, 1.82) is 0 Å². The molecule has 13 heavy (non-hydrogen) atoms. The molecule has 0 aromatic heterocycles. The zero-order valence-electron chi connectivity index (χ0n) is 8.76. The SMILES string of the molecule is CCCCC(CN)(CO)CC1CC1. The third kappa shape index (κ3) is 3.28. The van der Waals surface area contributed by atoms with Crippen LogP contribution in [0.5, 0.6) is 0 Å². The number of hydrogen-bond donors (Lipinski definition) is 2. The van der Waals surface area contributed by atoms with E-state index >= 15 is 0 Å². The van der Waals surface area contributed by atoms with Gasteiger partial charge in [0, 0.05) is 18.6 Å². The molecule has 0 heterocycles. The number of unbranched alkanes of at least 4 members (excludes halogenated alkanes) is 1. The lowest BCUT2D eigenvalue weighted by molar-refractivity contribution is 0.104. The Bertz CT molecular complexity index is 139. The van der Waals surface area contributed by atoms with Gasteiger partial charge in [0.25, 0.3) is 0 Å². The van der Waals surface area contributed by atoms with E-state index in [1.54, 1.807) is 0 Å². The summed E-state index contributed by atoms with van der Waals surface area (Å²) in [4.78, 5) is 0. The van der Waals surface area contributed by atoms with Crippen molar-refractivity contribution in [3.63, 3.8) is 0 Å². The van der Waals surface area contributed by atoms with E-state index in [-0.39, 0.29) is 12.0 Å². The summed E-state index contributed by atoms with van der Waals surface area (Å²) in [6, 6.07) is 0. The van der Waals surface area contributed by atoms with Gasteiger partial charge in [-0.1, -0.05) is 32.6 Å². The maximum atomic E-state index is 9.40. The summed E-state index contributed by atoms with van der Waals surface area (Å²) in [5.74, 6) is 0.868. The largest absolute Gasteiger partial charge is 0.396 e. The zero-order valence-corrected chi connectivity index (χ0v) is 8.76. The van der Waals surface area contributed by atoms with Crippen molar-refractivity contribution < 1.29 is 5.11 Å². The molecular formula is C11H23NO. The van der Waals surface area contributed by atoms with E-state index in [2.05, 4.69) is 6.92 Å². The van der Waals surface area contributed by atoms with Crippen molar-refractivity contribution >= 4 is 0 Å². The average molecular weight is 185 g/mol. The first-order valence-corrected chi connectivity index (χ1v) is 5.57. The minimum atomic E-state index is 0.0528. The Morgan fingerprint density at radius 1 is 1.46 bits per heavy atom. The van der Waals surface area contributed by atoms with Crippen LogP contribution in [0.25, 0.3) is 0 Å². The molecule has 0 aromatic carbocycles. The van der Waals surface area contributed by atoms with Gasteiger partial charge in [-0.05, 0) is 18.8 Å². The second-order valence-electron chi connectivity index (χ2n) is 4.61. The summed E-state index contributed by atoms with van der Waals surface area (Å²) in [5, 5.41) is 9.40. The number of aliphatic hydroxyl groups is 1. The lowest BCUT2D eigenvalue weighted by atomic mass is 9.79. The number of rotatable bonds is 7. The first kappa shape index (κ1) is 11.0. The molecule has 3 N–H and O–H groups in total. The van der Waals surface area contributed by atoms with Gasteiger partial charge >= 0.3 is 0 Å². The van der Waals surface area contributed by atoms with E-state index in [0.717, 1.165) is 18.8 Å². The molecule has 1 rings (SSSR count). The summed E-state index contributed by atoms with van der Waals surface area (Å²) in [6.45, 7) is 3.12. The van der Waals surface area contributed by atoms with Crippen LogP contribution >= 0.6 is 0 Å². The smallest absolute Gasteiger partial charge is 0.0499 e. The predicted molar refractivity (Wildman–Crippen MR) is 55.4 cm³/mol. The molecule has 1 saturated carbocycles. The van der Waals surface area contributed by atoms with E-state index in [0.29, 0.717) is 6.54 Å². The van der Waals surface area contributed by atoms with Gasteiger partial charge in [-0.15, -0.1) is 0 Å². The molecule has 1 unspecified atom stereocenters. The maximum Gasteiger partial charge on any atom is 0.0499 e. The van der Waals surface area contributed by atoms with E-state index in [1.165, 1.54) is 25.7 Å². The van der Waals surface area contributed by atoms with Crippen molar-refractivity contribution in [3.8, 4) is 0 Å². The molecule has 0 saturated heterocycles. The fourth-order valence-electron chi connectivity index (χ4n) is 1.98. The molecule has 78 valence electrons. The van der Waals surface area contributed by atoms with Crippen LogP contribution < -0.4 is 5.73 Å². The second-order valence-corrected chi connectivity index (χ2v) is 4.61. The monoisotopic (exact) mass is 185 g/mol. The Morgan fingerprint density at radius 2 is 2.15 bits per heavy atom. The summed E-state index contributed by atoms with van der Waals surface area (Å²) >= 11 is 0. The molecule has 0 bridgehead atoms. The summed E-state index contributed by atoms with van der Waals surface area (Å²) in [6.07, 6.45) is 7.37. The van der Waals surface area contributed by atoms with Gasteiger partial charge in [0.1, 0.15) is 0 Å². The number of aliphatic hydroxyl groups excluding tert-OH is 1. The lowest BCUT2D eigenvalue weighted by Gasteiger charge is -2.30. The minimum Gasteiger partial charge on any atom is -0.396 e. The Morgan fingerprint density at radius 3 is 2.54 bits per heavy atom. The van der Waals surface area contributed by atoms with Gasteiger partial charge in [0.15, 0.2) is 0 Å². The molecule has 1 fully saturated rings. The Labute approximate surface area is 81.5 Å². The third-order valence-electron chi connectivity index (χ3n) is 3.25. The van der Waals surface area contributed by atoms with Crippen molar-refractivity contribution in [2.75, 3.05) is 13.2 Å². The molecule has 0 radical (unpaired) electrons. The topological polar surface area (TPSA) is 46.2 Å². The number of hydrogen-bond acceptors (Lipinski definition) is 2. The third-order valence-corrected chi connectivity index (χ3v) is 3.25. The van der Waals surface area contributed by atoms with Crippen molar-refractivity contribution in [2.24, 2.45) is 17.1 Å². The van der Waals surface area contributed by atoms with Gasteiger partial charge in [-0.25, -0.2) is 0 Å². The highest BCUT2D eigenvalue weighted by Crippen LogP contribution is 2.42. The molecular weight excluding hydrogens is 162 g/mol. The van der Waals surface area contributed by atoms with E-state index < -0.39 is 0 Å². The quantitative estimate of drug-likeness (QED) is 0.636. The Hall–Kier alpha value is -0.0800. The lowest BCUT2D eigenvalue weighted by Crippen LogP contribution is -2.34. The van der Waals surface area contributed by atoms with Crippen molar-refractivity contribution in [3.05, 3.63) is 0 Å². The van der Waals surface area contributed by atoms with Crippen molar-refractivity contribution in [2.45, 2.75) is 45.4 Å². The fourth-order valence-corrected chi connectivity index (χ4v) is 1.98. The molecule has 1 aliphatic rings. The maximum absolute atomic E-state index is 9.40. The molecule has 0 spiro atoms. The molecule has 1 atom stereocenters. The molecule has 0 aromatic rings. The predicted octanol–water partition coefficient (Wildman–Crippen LogP) is 1.91. The van der Waals surface area contributed by atoms with Crippen LogP contribution in [0.3, 0.4) is 0 Å². The normalized spacial score (nSPS) is 21.5. The van der Waals surface area contributed by atoms with Crippen molar-refractivity contribution in [1.82, 2.24) is 0 Å². The van der Waals surface area contributed by atoms with E-state index in [1.807, 2.05) is 0 Å². The van der Waals surface area contributed by atoms with Gasteiger partial charge in [0.05, 0.1) is 0 Å². The average Bonchev–Trinajstić information content (AvgIpc) is 2.96. The second kappa shape index (κ2) is 4.97. The van der Waals surface area contributed by atoms with Crippen LogP contribution in [-0.4, -0.2) is 18.3 Å². The highest BCUT2D eigenvalue weighted by Gasteiger charge is 2.34.